The fourth-order valence-electron chi connectivity index (χ4n) is 2.34. The standard InChI is InChI=1S/C18H18O4S3/c1-21-14-10-15(22-2)12-16(11-14)24-9-8-23-18(24)13-25(19,20)17-6-4-3-5-7-17/h3-7,9-13H,8H2,1-2H3/b18-13-. The molecule has 0 aliphatic carbocycles. The van der Waals surface area contributed by atoms with E-state index >= 15 is 0 Å². The SMILES string of the molecule is COc1cc(OC)cc(S2=CCS/C2=C/S(=O)(=O)c2ccccc2)c1. The van der Waals surface area contributed by atoms with Crippen molar-refractivity contribution in [1.82, 2.24) is 0 Å². The molecule has 0 N–H and O–H groups in total. The fraction of sp³-hybridized carbons (Fsp3) is 0.167. The van der Waals surface area contributed by atoms with E-state index in [1.807, 2.05) is 12.1 Å². The van der Waals surface area contributed by atoms with Gasteiger partial charge >= 0.3 is 0 Å². The molecule has 0 radical (unpaired) electrons. The van der Waals surface area contributed by atoms with Crippen LogP contribution in [-0.2, 0) is 9.84 Å². The van der Waals surface area contributed by atoms with Crippen LogP contribution in [0.3, 0.4) is 0 Å². The van der Waals surface area contributed by atoms with Crippen LogP contribution in [0.15, 0.2) is 68.0 Å². The van der Waals surface area contributed by atoms with Gasteiger partial charge in [-0.3, -0.25) is 0 Å². The van der Waals surface area contributed by atoms with Gasteiger partial charge in [0.1, 0.15) is 11.5 Å². The highest BCUT2D eigenvalue weighted by atomic mass is 32.2. The van der Waals surface area contributed by atoms with Gasteiger partial charge in [-0.1, -0.05) is 18.2 Å². The van der Waals surface area contributed by atoms with Gasteiger partial charge in [-0.25, -0.2) is 8.42 Å². The second-order valence-electron chi connectivity index (χ2n) is 5.16. The second kappa shape index (κ2) is 7.68. The number of rotatable bonds is 5. The predicted molar refractivity (Wildman–Crippen MR) is 106 cm³/mol. The Morgan fingerprint density at radius 2 is 1.68 bits per heavy atom. The molecule has 2 aromatic carbocycles. The van der Waals surface area contributed by atoms with Crippen LogP contribution < -0.4 is 9.47 Å². The lowest BCUT2D eigenvalue weighted by molar-refractivity contribution is 0.392. The molecule has 3 rings (SSSR count). The van der Waals surface area contributed by atoms with Crippen LogP contribution >= 0.6 is 22.2 Å². The van der Waals surface area contributed by atoms with E-state index < -0.39 is 20.3 Å². The molecule has 0 aromatic heterocycles. The van der Waals surface area contributed by atoms with E-state index in [9.17, 15) is 8.42 Å². The number of benzene rings is 2. The van der Waals surface area contributed by atoms with Crippen molar-refractivity contribution >= 4 is 37.5 Å². The lowest BCUT2D eigenvalue weighted by atomic mass is 10.3. The Morgan fingerprint density at radius 3 is 2.28 bits per heavy atom. The Kier molecular flexibility index (Phi) is 5.56. The van der Waals surface area contributed by atoms with Crippen molar-refractivity contribution in [3.8, 4) is 11.5 Å². The largest absolute Gasteiger partial charge is 0.497 e. The molecule has 4 nitrogen and oxygen atoms in total. The van der Waals surface area contributed by atoms with Crippen LogP contribution in [0.5, 0.6) is 11.5 Å². The highest BCUT2D eigenvalue weighted by molar-refractivity contribution is 8.34. The van der Waals surface area contributed by atoms with E-state index in [1.165, 1.54) is 5.41 Å². The first-order valence-electron chi connectivity index (χ1n) is 7.47. The van der Waals surface area contributed by atoms with Gasteiger partial charge < -0.3 is 9.47 Å². The lowest BCUT2D eigenvalue weighted by Crippen LogP contribution is -1.96. The predicted octanol–water partition coefficient (Wildman–Crippen LogP) is 4.15. The Balaban J connectivity index is 2.01. The summed E-state index contributed by atoms with van der Waals surface area (Å²) in [6.45, 7) is 0. The number of ether oxygens (including phenoxy) is 2. The fourth-order valence-corrected chi connectivity index (χ4v) is 7.97. The van der Waals surface area contributed by atoms with Gasteiger partial charge in [0, 0.05) is 16.7 Å². The molecule has 132 valence electrons. The lowest BCUT2D eigenvalue weighted by Gasteiger charge is -2.11. The molecule has 0 saturated heterocycles. The molecule has 0 saturated carbocycles. The maximum absolute atomic E-state index is 12.7. The summed E-state index contributed by atoms with van der Waals surface area (Å²) in [5.74, 6) is 2.16. The number of hydrogen-bond acceptors (Lipinski definition) is 5. The summed E-state index contributed by atoms with van der Waals surface area (Å²) in [6, 6.07) is 14.1. The Hall–Kier alpha value is -1.70. The minimum absolute atomic E-state index is 0.307. The van der Waals surface area contributed by atoms with Crippen LogP contribution in [0.1, 0.15) is 0 Å². The van der Waals surface area contributed by atoms with Crippen LogP contribution in [0, 0.1) is 0 Å². The van der Waals surface area contributed by atoms with Crippen molar-refractivity contribution < 1.29 is 17.9 Å². The number of sulfone groups is 1. The van der Waals surface area contributed by atoms with Crippen molar-refractivity contribution in [2.45, 2.75) is 9.79 Å². The monoisotopic (exact) mass is 394 g/mol. The van der Waals surface area contributed by atoms with E-state index in [1.54, 1.807) is 62.4 Å². The smallest absolute Gasteiger partial charge is 0.201 e. The van der Waals surface area contributed by atoms with Gasteiger partial charge in [0.05, 0.1) is 28.8 Å². The summed E-state index contributed by atoms with van der Waals surface area (Å²) in [5, 5.41) is 3.52. The zero-order valence-electron chi connectivity index (χ0n) is 13.8. The third-order valence-corrected chi connectivity index (χ3v) is 8.99. The van der Waals surface area contributed by atoms with Crippen molar-refractivity contribution in [1.29, 1.82) is 0 Å². The maximum atomic E-state index is 12.7. The molecular weight excluding hydrogens is 376 g/mol. The molecule has 7 heteroatoms. The third kappa shape index (κ3) is 4.11. The Labute approximate surface area is 154 Å². The summed E-state index contributed by atoms with van der Waals surface area (Å²) in [6.07, 6.45) is 0. The zero-order chi connectivity index (χ0) is 17.9. The Morgan fingerprint density at radius 1 is 1.04 bits per heavy atom. The molecular formula is C18H18O4S3. The first-order valence-corrected chi connectivity index (χ1v) is 11.3. The summed E-state index contributed by atoms with van der Waals surface area (Å²) >= 11 is 1.55. The average Bonchev–Trinajstić information content (AvgIpc) is 3.09. The minimum atomic E-state index is -3.47. The number of hydrogen-bond donors (Lipinski definition) is 0. The van der Waals surface area contributed by atoms with Gasteiger partial charge in [-0.15, -0.1) is 22.2 Å². The molecule has 1 aliphatic rings. The summed E-state index contributed by atoms with van der Waals surface area (Å²) < 4.78 is 36.8. The minimum Gasteiger partial charge on any atom is -0.497 e. The van der Waals surface area contributed by atoms with Crippen molar-refractivity contribution in [3.05, 3.63) is 58.2 Å². The van der Waals surface area contributed by atoms with E-state index in [0.29, 0.717) is 16.4 Å². The zero-order valence-corrected chi connectivity index (χ0v) is 16.3. The quantitative estimate of drug-likeness (QED) is 0.713. The normalized spacial score (nSPS) is 18.8. The topological polar surface area (TPSA) is 52.6 Å². The molecule has 25 heavy (non-hydrogen) atoms. The highest BCUT2D eigenvalue weighted by Gasteiger charge is 2.20. The first kappa shape index (κ1) is 18.1. The third-order valence-electron chi connectivity index (χ3n) is 3.58. The second-order valence-corrected chi connectivity index (χ2v) is 10.2. The van der Waals surface area contributed by atoms with Gasteiger partial charge in [0.25, 0.3) is 0 Å². The molecule has 0 bridgehead atoms. The van der Waals surface area contributed by atoms with Gasteiger partial charge in [0.15, 0.2) is 0 Å². The van der Waals surface area contributed by atoms with Gasteiger partial charge in [-0.2, -0.15) is 0 Å². The molecule has 0 fully saturated rings. The Bertz CT molecular complexity index is 910. The van der Waals surface area contributed by atoms with Gasteiger partial charge in [-0.05, 0) is 29.6 Å². The van der Waals surface area contributed by atoms with E-state index in [2.05, 4.69) is 5.37 Å². The molecule has 2 aromatic rings. The first-order chi connectivity index (χ1) is 12.0. The summed E-state index contributed by atoms with van der Waals surface area (Å²) in [4.78, 5) is 1.29. The summed E-state index contributed by atoms with van der Waals surface area (Å²) in [5.41, 5.74) is 0. The molecule has 1 aliphatic heterocycles. The number of methoxy groups -OCH3 is 2. The van der Waals surface area contributed by atoms with Crippen LogP contribution in [-0.4, -0.2) is 33.8 Å². The van der Waals surface area contributed by atoms with Gasteiger partial charge in [0.2, 0.25) is 9.84 Å². The van der Waals surface area contributed by atoms with Crippen LogP contribution in [0.25, 0.3) is 0 Å². The van der Waals surface area contributed by atoms with E-state index in [0.717, 1.165) is 14.9 Å². The maximum Gasteiger partial charge on any atom is 0.201 e. The number of thioether (sulfide) groups is 1. The summed E-state index contributed by atoms with van der Waals surface area (Å²) in [7, 11) is -0.682. The average molecular weight is 395 g/mol. The van der Waals surface area contributed by atoms with E-state index in [4.69, 9.17) is 9.47 Å². The van der Waals surface area contributed by atoms with E-state index in [-0.39, 0.29) is 0 Å². The molecule has 0 spiro atoms. The van der Waals surface area contributed by atoms with Crippen LogP contribution in [0.2, 0.25) is 0 Å². The van der Waals surface area contributed by atoms with Crippen molar-refractivity contribution in [2.75, 3.05) is 20.0 Å². The molecule has 1 unspecified atom stereocenters. The van der Waals surface area contributed by atoms with Crippen molar-refractivity contribution in [2.24, 2.45) is 0 Å². The molecule has 0 amide bonds. The molecule has 1 atom stereocenters. The van der Waals surface area contributed by atoms with Crippen molar-refractivity contribution in [3.63, 3.8) is 0 Å². The van der Waals surface area contributed by atoms with Crippen LogP contribution in [0.4, 0.5) is 0 Å². The highest BCUT2D eigenvalue weighted by Crippen LogP contribution is 2.48. The molecule has 1 heterocycles.